The molecule has 1 aromatic heterocycles. The number of hydrogen-bond acceptors (Lipinski definition) is 6. The highest BCUT2D eigenvalue weighted by Gasteiger charge is 2.48. The average molecular weight is 433 g/mol. The number of aliphatic hydroxyl groups is 1. The van der Waals surface area contributed by atoms with Gasteiger partial charge in [0.25, 0.3) is 11.7 Å². The summed E-state index contributed by atoms with van der Waals surface area (Å²) in [7, 11) is 2.98. The standard InChI is InChI=1S/C25H23NO6/c1-14-5-9-17(10-6-14)26-22(19-11-7-15(2)32-19)21(24(28)25(26)29)23(27)16-8-12-18(30-3)20(13-16)31-4/h5-13,22,27H,1-4H3/b23-21-. The van der Waals surface area contributed by atoms with Crippen molar-refractivity contribution in [3.63, 3.8) is 0 Å². The molecule has 7 nitrogen and oxygen atoms in total. The van der Waals surface area contributed by atoms with Crippen LogP contribution in [0.5, 0.6) is 11.5 Å². The number of furan rings is 1. The Morgan fingerprint density at radius 3 is 2.22 bits per heavy atom. The minimum atomic E-state index is -0.917. The van der Waals surface area contributed by atoms with Crippen molar-refractivity contribution in [1.29, 1.82) is 0 Å². The highest BCUT2D eigenvalue weighted by atomic mass is 16.5. The number of nitrogens with zero attached hydrogens (tertiary/aromatic N) is 1. The van der Waals surface area contributed by atoms with Crippen molar-refractivity contribution < 1.29 is 28.6 Å². The zero-order chi connectivity index (χ0) is 23.0. The number of amides is 1. The molecule has 1 atom stereocenters. The molecule has 0 aliphatic carbocycles. The number of methoxy groups -OCH3 is 2. The van der Waals surface area contributed by atoms with E-state index in [0.717, 1.165) is 5.56 Å². The molecule has 7 heteroatoms. The summed E-state index contributed by atoms with van der Waals surface area (Å²) in [6.07, 6.45) is 0. The topological polar surface area (TPSA) is 89.2 Å². The van der Waals surface area contributed by atoms with Gasteiger partial charge < -0.3 is 19.0 Å². The van der Waals surface area contributed by atoms with Gasteiger partial charge in [0.05, 0.1) is 19.8 Å². The van der Waals surface area contributed by atoms with Crippen LogP contribution in [-0.2, 0) is 9.59 Å². The number of Topliss-reactive ketones (excluding diaryl/α,β-unsaturated/α-hetero) is 1. The lowest BCUT2D eigenvalue weighted by Crippen LogP contribution is -2.29. The van der Waals surface area contributed by atoms with E-state index < -0.39 is 17.7 Å². The number of aliphatic hydroxyl groups excluding tert-OH is 1. The smallest absolute Gasteiger partial charge is 0.300 e. The van der Waals surface area contributed by atoms with Gasteiger partial charge in [-0.2, -0.15) is 0 Å². The summed E-state index contributed by atoms with van der Waals surface area (Å²) in [5.74, 6) is 0.00629. The number of ether oxygens (including phenoxy) is 2. The number of benzene rings is 2. The first-order valence-electron chi connectivity index (χ1n) is 10.0. The molecule has 1 fully saturated rings. The molecule has 1 aliphatic rings. The van der Waals surface area contributed by atoms with E-state index in [-0.39, 0.29) is 11.3 Å². The summed E-state index contributed by atoms with van der Waals surface area (Å²) < 4.78 is 16.4. The summed E-state index contributed by atoms with van der Waals surface area (Å²) in [6.45, 7) is 3.71. The average Bonchev–Trinajstić information content (AvgIpc) is 3.34. The van der Waals surface area contributed by atoms with Crippen LogP contribution < -0.4 is 14.4 Å². The Balaban J connectivity index is 1.92. The fraction of sp³-hybridized carbons (Fsp3) is 0.200. The van der Waals surface area contributed by atoms with Gasteiger partial charge in [-0.15, -0.1) is 0 Å². The first-order chi connectivity index (χ1) is 15.3. The van der Waals surface area contributed by atoms with Crippen molar-refractivity contribution in [3.05, 3.63) is 82.8 Å². The lowest BCUT2D eigenvalue weighted by Gasteiger charge is -2.23. The molecule has 0 bridgehead atoms. The maximum absolute atomic E-state index is 13.1. The van der Waals surface area contributed by atoms with Crippen LogP contribution in [0.25, 0.3) is 5.76 Å². The largest absolute Gasteiger partial charge is 0.507 e. The van der Waals surface area contributed by atoms with Gasteiger partial charge in [-0.3, -0.25) is 14.5 Å². The zero-order valence-corrected chi connectivity index (χ0v) is 18.2. The highest BCUT2D eigenvalue weighted by Crippen LogP contribution is 2.43. The van der Waals surface area contributed by atoms with Crippen molar-refractivity contribution in [2.24, 2.45) is 0 Å². The van der Waals surface area contributed by atoms with Gasteiger partial charge in [0, 0.05) is 11.3 Å². The molecule has 164 valence electrons. The third-order valence-electron chi connectivity index (χ3n) is 5.44. The number of anilines is 1. The second kappa shape index (κ2) is 8.26. The van der Waals surface area contributed by atoms with Crippen LogP contribution in [0.3, 0.4) is 0 Å². The second-order valence-corrected chi connectivity index (χ2v) is 7.52. The molecule has 32 heavy (non-hydrogen) atoms. The lowest BCUT2D eigenvalue weighted by atomic mass is 9.99. The van der Waals surface area contributed by atoms with Gasteiger partial charge in [0.1, 0.15) is 23.3 Å². The van der Waals surface area contributed by atoms with E-state index in [9.17, 15) is 14.7 Å². The molecule has 2 aromatic carbocycles. The molecule has 0 radical (unpaired) electrons. The minimum absolute atomic E-state index is 0.0582. The molecular formula is C25H23NO6. The number of aryl methyl sites for hydroxylation is 2. The van der Waals surface area contributed by atoms with Gasteiger partial charge in [-0.05, 0) is 56.3 Å². The van der Waals surface area contributed by atoms with Gasteiger partial charge in [0.15, 0.2) is 11.5 Å². The number of carbonyl (C=O) groups is 2. The molecule has 1 saturated heterocycles. The van der Waals surface area contributed by atoms with Gasteiger partial charge in [-0.1, -0.05) is 17.7 Å². The highest BCUT2D eigenvalue weighted by molar-refractivity contribution is 6.51. The zero-order valence-electron chi connectivity index (χ0n) is 18.2. The number of ketones is 1. The maximum atomic E-state index is 13.1. The van der Waals surface area contributed by atoms with Crippen molar-refractivity contribution >= 4 is 23.1 Å². The Hall–Kier alpha value is -4.00. The van der Waals surface area contributed by atoms with E-state index in [4.69, 9.17) is 13.9 Å². The van der Waals surface area contributed by atoms with Crippen LogP contribution in [0.1, 0.15) is 28.7 Å². The van der Waals surface area contributed by atoms with Crippen LogP contribution in [-0.4, -0.2) is 31.0 Å². The molecule has 3 aromatic rings. The summed E-state index contributed by atoms with van der Waals surface area (Å²) in [5, 5.41) is 11.2. The number of hydrogen-bond donors (Lipinski definition) is 1. The van der Waals surface area contributed by atoms with Crippen LogP contribution in [0.15, 0.2) is 64.6 Å². The van der Waals surface area contributed by atoms with Crippen molar-refractivity contribution in [2.45, 2.75) is 19.9 Å². The van der Waals surface area contributed by atoms with Crippen LogP contribution in [0.4, 0.5) is 5.69 Å². The molecule has 1 unspecified atom stereocenters. The Morgan fingerprint density at radius 2 is 1.62 bits per heavy atom. The first-order valence-corrected chi connectivity index (χ1v) is 10.0. The fourth-order valence-corrected chi connectivity index (χ4v) is 3.81. The predicted octanol–water partition coefficient (Wildman–Crippen LogP) is 4.54. The van der Waals surface area contributed by atoms with E-state index >= 15 is 0 Å². The van der Waals surface area contributed by atoms with Crippen LogP contribution in [0.2, 0.25) is 0 Å². The van der Waals surface area contributed by atoms with E-state index in [1.807, 2.05) is 19.1 Å². The molecule has 0 saturated carbocycles. The van der Waals surface area contributed by atoms with E-state index in [2.05, 4.69) is 0 Å². The van der Waals surface area contributed by atoms with E-state index in [0.29, 0.717) is 34.3 Å². The molecule has 1 N–H and O–H groups in total. The number of rotatable bonds is 5. The first kappa shape index (κ1) is 21.2. The molecular weight excluding hydrogens is 410 g/mol. The second-order valence-electron chi connectivity index (χ2n) is 7.52. The van der Waals surface area contributed by atoms with Gasteiger partial charge >= 0.3 is 0 Å². The van der Waals surface area contributed by atoms with Crippen LogP contribution in [0, 0.1) is 13.8 Å². The molecule has 4 rings (SSSR count). The summed E-state index contributed by atoms with van der Waals surface area (Å²) in [4.78, 5) is 27.6. The van der Waals surface area contributed by atoms with Crippen LogP contribution >= 0.6 is 0 Å². The van der Waals surface area contributed by atoms with Gasteiger partial charge in [0.2, 0.25) is 0 Å². The number of carbonyl (C=O) groups excluding carboxylic acids is 2. The summed E-state index contributed by atoms with van der Waals surface area (Å²) in [5.41, 5.74) is 1.80. The minimum Gasteiger partial charge on any atom is -0.507 e. The fourth-order valence-electron chi connectivity index (χ4n) is 3.81. The Morgan fingerprint density at radius 1 is 0.938 bits per heavy atom. The molecule has 1 aliphatic heterocycles. The SMILES string of the molecule is COc1ccc(/C(O)=C2/C(=O)C(=O)N(c3ccc(C)cc3)C2c2ccc(C)o2)cc1OC. The normalized spacial score (nSPS) is 17.6. The maximum Gasteiger partial charge on any atom is 0.300 e. The third kappa shape index (κ3) is 3.51. The van der Waals surface area contributed by atoms with E-state index in [1.54, 1.807) is 49.4 Å². The van der Waals surface area contributed by atoms with Crippen molar-refractivity contribution in [2.75, 3.05) is 19.1 Å². The quantitative estimate of drug-likeness (QED) is 0.361. The molecule has 1 amide bonds. The monoisotopic (exact) mass is 433 g/mol. The van der Waals surface area contributed by atoms with Crippen molar-refractivity contribution in [3.8, 4) is 11.5 Å². The lowest BCUT2D eigenvalue weighted by molar-refractivity contribution is -0.132. The Labute approximate surface area is 185 Å². The van der Waals surface area contributed by atoms with E-state index in [1.165, 1.54) is 19.1 Å². The Bertz CT molecular complexity index is 1220. The predicted molar refractivity (Wildman–Crippen MR) is 119 cm³/mol. The summed E-state index contributed by atoms with van der Waals surface area (Å²) in [6, 6.07) is 14.5. The van der Waals surface area contributed by atoms with Crippen molar-refractivity contribution in [1.82, 2.24) is 0 Å². The molecule has 2 heterocycles. The van der Waals surface area contributed by atoms with Gasteiger partial charge in [-0.25, -0.2) is 0 Å². The Kier molecular flexibility index (Phi) is 5.48. The summed E-state index contributed by atoms with van der Waals surface area (Å²) >= 11 is 0. The molecule has 0 spiro atoms. The third-order valence-corrected chi connectivity index (χ3v) is 5.44.